The minimum absolute atomic E-state index is 0.00669. The Morgan fingerprint density at radius 2 is 1.78 bits per heavy atom. The van der Waals surface area contributed by atoms with Gasteiger partial charge in [0.15, 0.2) is 17.6 Å². The molecule has 5 atom stereocenters. The Balaban J connectivity index is 1.20. The molecular weight excluding hydrogens is 873 g/mol. The molecule has 8 N–H and O–H groups in total. The van der Waals surface area contributed by atoms with E-state index in [9.17, 15) is 25.5 Å². The molecule has 13 nitrogen and oxygen atoms in total. The topological polar surface area (TPSA) is 187 Å². The lowest BCUT2D eigenvalue weighted by Crippen LogP contribution is -2.56. The van der Waals surface area contributed by atoms with Crippen LogP contribution in [0.3, 0.4) is 0 Å². The van der Waals surface area contributed by atoms with Crippen LogP contribution in [0.1, 0.15) is 123 Å². The van der Waals surface area contributed by atoms with E-state index in [1.165, 1.54) is 24.8 Å². The number of hydrogen-bond donors (Lipinski definition) is 8. The van der Waals surface area contributed by atoms with Crippen molar-refractivity contribution in [2.75, 3.05) is 53.4 Å². The predicted octanol–water partition coefficient (Wildman–Crippen LogP) is 5.93. The van der Waals surface area contributed by atoms with Crippen LogP contribution in [-0.4, -0.2) is 102 Å². The van der Waals surface area contributed by atoms with Crippen molar-refractivity contribution in [3.8, 4) is 39.9 Å². The molecular formula is C56H74N4O9. The van der Waals surface area contributed by atoms with E-state index >= 15 is 0 Å². The average Bonchev–Trinajstić information content (AvgIpc) is 3.81. The molecule has 9 rings (SSSR count). The Hall–Kier alpha value is -4.73. The molecule has 2 aliphatic carbocycles. The van der Waals surface area contributed by atoms with E-state index in [1.54, 1.807) is 13.2 Å². The van der Waals surface area contributed by atoms with Gasteiger partial charge in [0.25, 0.3) is 0 Å². The van der Waals surface area contributed by atoms with E-state index in [1.807, 2.05) is 31.2 Å². The SMILES string of the molecule is COc1cc(C2Oc3c(c4c(c5c3CCC(CO)O5)-c3ccc(O)cc3C(Cc3ccc5c(c3)=CCN=5)C4)CC2(CNCNCC(C)(O)CC(C)C)OCNC2CCCCC2)cc(CCCO)c1O. The van der Waals surface area contributed by atoms with Crippen LogP contribution in [-0.2, 0) is 36.8 Å². The summed E-state index contributed by atoms with van der Waals surface area (Å²) in [4.78, 5) is 4.64. The molecule has 3 heterocycles. The second kappa shape index (κ2) is 21.3. The molecule has 0 radical (unpaired) electrons. The van der Waals surface area contributed by atoms with Crippen molar-refractivity contribution in [1.82, 2.24) is 16.0 Å². The van der Waals surface area contributed by atoms with Crippen LogP contribution in [0.25, 0.3) is 17.2 Å². The maximum Gasteiger partial charge on any atom is 0.161 e. The van der Waals surface area contributed by atoms with Crippen LogP contribution in [0.2, 0.25) is 0 Å². The Labute approximate surface area is 407 Å². The Morgan fingerprint density at radius 1 is 0.942 bits per heavy atom. The van der Waals surface area contributed by atoms with Crippen LogP contribution in [0.4, 0.5) is 0 Å². The molecule has 5 unspecified atom stereocenters. The van der Waals surface area contributed by atoms with E-state index < -0.39 is 23.4 Å². The summed E-state index contributed by atoms with van der Waals surface area (Å²) in [5, 5.41) is 67.4. The number of rotatable bonds is 20. The zero-order valence-corrected chi connectivity index (χ0v) is 41.0. The largest absolute Gasteiger partial charge is 0.508 e. The first kappa shape index (κ1) is 49.3. The first-order valence-electron chi connectivity index (χ1n) is 25.5. The molecule has 0 bridgehead atoms. The second-order valence-electron chi connectivity index (χ2n) is 21.0. The number of phenolic OH excluding ortho intramolecular Hbond substituents is 2. The zero-order chi connectivity index (χ0) is 48.3. The van der Waals surface area contributed by atoms with Gasteiger partial charge in [-0.05, 0) is 152 Å². The number of aryl methyl sites for hydroxylation is 1. The highest BCUT2D eigenvalue weighted by atomic mass is 16.6. The normalized spacial score (nSPS) is 22.5. The summed E-state index contributed by atoms with van der Waals surface area (Å²) in [6.45, 7) is 8.08. The van der Waals surface area contributed by atoms with E-state index in [-0.39, 0.29) is 37.4 Å². The fourth-order valence-electron chi connectivity index (χ4n) is 12.0. The zero-order valence-electron chi connectivity index (χ0n) is 41.0. The summed E-state index contributed by atoms with van der Waals surface area (Å²) in [5.74, 6) is 2.36. The lowest BCUT2D eigenvalue weighted by atomic mass is 9.70. The first-order valence-corrected chi connectivity index (χ1v) is 25.5. The number of aliphatic hydroxyl groups is 3. The number of nitrogens with zero attached hydrogens (tertiary/aromatic N) is 1. The van der Waals surface area contributed by atoms with Crippen LogP contribution in [0.5, 0.6) is 28.7 Å². The maximum absolute atomic E-state index is 11.5. The molecule has 1 fully saturated rings. The molecule has 372 valence electrons. The average molecular weight is 947 g/mol. The van der Waals surface area contributed by atoms with Gasteiger partial charge in [0.2, 0.25) is 0 Å². The molecule has 4 aromatic carbocycles. The highest BCUT2D eigenvalue weighted by molar-refractivity contribution is 5.85. The van der Waals surface area contributed by atoms with Crippen molar-refractivity contribution in [2.45, 2.75) is 140 Å². The third kappa shape index (κ3) is 10.7. The summed E-state index contributed by atoms with van der Waals surface area (Å²) >= 11 is 0. The number of aliphatic hydroxyl groups excluding tert-OH is 2. The molecule has 69 heavy (non-hydrogen) atoms. The fourth-order valence-corrected chi connectivity index (χ4v) is 12.0. The lowest BCUT2D eigenvalue weighted by Gasteiger charge is -2.48. The molecule has 4 aromatic rings. The van der Waals surface area contributed by atoms with Crippen molar-refractivity contribution in [2.24, 2.45) is 10.9 Å². The smallest absolute Gasteiger partial charge is 0.161 e. The maximum atomic E-state index is 11.5. The van der Waals surface area contributed by atoms with Gasteiger partial charge in [-0.1, -0.05) is 51.3 Å². The monoisotopic (exact) mass is 947 g/mol. The van der Waals surface area contributed by atoms with Crippen molar-refractivity contribution < 1.29 is 44.5 Å². The summed E-state index contributed by atoms with van der Waals surface area (Å²) in [5.41, 5.74) is 6.81. The van der Waals surface area contributed by atoms with Crippen molar-refractivity contribution in [3.05, 3.63) is 98.1 Å². The standard InChI is InChI=1S/C56H74N4O9/c1-34(2)27-55(3,65)30-57-32-58-31-56(67-33-60-40-10-6-5-7-11-40)28-47-46-24-38(22-35-12-17-48-36(21-35)18-19-59-48)45-26-41(63)13-15-43(45)50(46)53-44(16-14-42(29-62)68-53)52(47)69-54(56)39-23-37(9-8-20-61)51(64)49(25-39)66-4/h12-13,15,17-18,21,23,25-26,34,38,40,42,54,57-58,60-65H,5-11,14,16,19-20,22,24,27-33H2,1-4H3. The molecule has 0 amide bonds. The Bertz CT molecular complexity index is 2590. The first-order chi connectivity index (χ1) is 33.4. The van der Waals surface area contributed by atoms with Crippen LogP contribution in [0, 0.1) is 5.92 Å². The Kier molecular flexibility index (Phi) is 15.2. The number of methoxy groups -OCH3 is 1. The third-order valence-electron chi connectivity index (χ3n) is 15.1. The van der Waals surface area contributed by atoms with Gasteiger partial charge >= 0.3 is 0 Å². The van der Waals surface area contributed by atoms with E-state index in [0.717, 1.165) is 74.5 Å². The van der Waals surface area contributed by atoms with Crippen LogP contribution in [0.15, 0.2) is 53.5 Å². The molecule has 5 aliphatic rings. The van der Waals surface area contributed by atoms with Crippen molar-refractivity contribution >= 4 is 6.08 Å². The van der Waals surface area contributed by atoms with E-state index in [2.05, 4.69) is 59.1 Å². The van der Waals surface area contributed by atoms with Gasteiger partial charge in [0.05, 0.1) is 38.0 Å². The van der Waals surface area contributed by atoms with Gasteiger partial charge in [-0.3, -0.25) is 10.3 Å². The lowest BCUT2D eigenvalue weighted by molar-refractivity contribution is -0.132. The van der Waals surface area contributed by atoms with Gasteiger partial charge in [0, 0.05) is 55.5 Å². The quantitative estimate of drug-likeness (QED) is 0.0387. The molecule has 0 aromatic heterocycles. The highest BCUT2D eigenvalue weighted by Gasteiger charge is 2.50. The third-order valence-corrected chi connectivity index (χ3v) is 15.1. The van der Waals surface area contributed by atoms with E-state index in [4.69, 9.17) is 18.9 Å². The summed E-state index contributed by atoms with van der Waals surface area (Å²) in [7, 11) is 1.55. The highest BCUT2D eigenvalue weighted by Crippen LogP contribution is 2.58. The van der Waals surface area contributed by atoms with Gasteiger partial charge in [0.1, 0.15) is 29.0 Å². The molecule has 0 spiro atoms. The number of nitrogens with one attached hydrogen (secondary N) is 3. The number of fused-ring (bicyclic) bond motifs is 9. The number of benzene rings is 4. The van der Waals surface area contributed by atoms with Gasteiger partial charge < -0.3 is 55.1 Å². The molecule has 0 saturated heterocycles. The fraction of sp³-hybridized carbons (Fsp3) is 0.554. The number of aromatic hydroxyl groups is 2. The van der Waals surface area contributed by atoms with Crippen molar-refractivity contribution in [3.63, 3.8) is 0 Å². The van der Waals surface area contributed by atoms with E-state index in [0.29, 0.717) is 100 Å². The summed E-state index contributed by atoms with van der Waals surface area (Å²) in [6, 6.07) is 16.4. The minimum atomic E-state index is -1.04. The van der Waals surface area contributed by atoms with Gasteiger partial charge in [-0.15, -0.1) is 0 Å². The van der Waals surface area contributed by atoms with Gasteiger partial charge in [-0.25, -0.2) is 0 Å². The van der Waals surface area contributed by atoms with Crippen LogP contribution < -0.4 is 40.7 Å². The summed E-state index contributed by atoms with van der Waals surface area (Å²) in [6.07, 6.45) is 11.4. The molecule has 13 heteroatoms. The Morgan fingerprint density at radius 3 is 2.57 bits per heavy atom. The molecule has 3 aliphatic heterocycles. The van der Waals surface area contributed by atoms with Gasteiger partial charge in [-0.2, -0.15) is 0 Å². The molecule has 1 saturated carbocycles. The summed E-state index contributed by atoms with van der Waals surface area (Å²) < 4.78 is 27.7. The number of hydrogen-bond acceptors (Lipinski definition) is 13. The van der Waals surface area contributed by atoms with Crippen LogP contribution >= 0.6 is 0 Å². The minimum Gasteiger partial charge on any atom is -0.508 e. The predicted molar refractivity (Wildman–Crippen MR) is 267 cm³/mol. The second-order valence-corrected chi connectivity index (χ2v) is 21.0. The van der Waals surface area contributed by atoms with Crippen molar-refractivity contribution in [1.29, 1.82) is 0 Å². The number of phenols is 2. The number of ether oxygens (including phenoxy) is 4.